The van der Waals surface area contributed by atoms with Gasteiger partial charge in [-0.15, -0.1) is 0 Å². The minimum Gasteiger partial charge on any atom is -0.392 e. The minimum absolute atomic E-state index is 0.00236. The normalized spacial score (nSPS) is 12.0. The summed E-state index contributed by atoms with van der Waals surface area (Å²) in [4.78, 5) is 9.44. The van der Waals surface area contributed by atoms with E-state index in [4.69, 9.17) is 10.1 Å². The average molecular weight is 356 g/mol. The molecule has 0 saturated carbocycles. The summed E-state index contributed by atoms with van der Waals surface area (Å²) in [5.41, 5.74) is 4.28. The second kappa shape index (κ2) is 10.2. The fraction of sp³-hybridized carbons (Fsp3) is 0.167. The van der Waals surface area contributed by atoms with Gasteiger partial charge in [0.1, 0.15) is 0 Å². The first-order chi connectivity index (χ1) is 13.4. The summed E-state index contributed by atoms with van der Waals surface area (Å²) in [5.74, 6) is 0. The Bertz CT molecular complexity index is 817. The third-order valence-electron chi connectivity index (χ3n) is 4.33. The Labute approximate surface area is 160 Å². The zero-order valence-electron chi connectivity index (χ0n) is 15.3. The van der Waals surface area contributed by atoms with Crippen molar-refractivity contribution in [3.05, 3.63) is 114 Å². The van der Waals surface area contributed by atoms with Gasteiger partial charge in [-0.05, 0) is 24.5 Å². The number of benzene rings is 2. The third-order valence-corrected chi connectivity index (χ3v) is 4.33. The van der Waals surface area contributed by atoms with E-state index in [1.807, 2.05) is 54.7 Å². The number of aromatic nitrogens is 1. The molecule has 3 nitrogen and oxygen atoms in total. The highest BCUT2D eigenvalue weighted by Crippen LogP contribution is 2.25. The molecule has 0 fully saturated rings. The van der Waals surface area contributed by atoms with Gasteiger partial charge in [0, 0.05) is 23.5 Å². The van der Waals surface area contributed by atoms with Crippen LogP contribution in [0.3, 0.4) is 0 Å². The molecular formula is C24H24N2O. The SMILES string of the molecule is OC/C=C\CCC(N=C(c1ccccc1)c1ccccc1)c1cccnc1. The van der Waals surface area contributed by atoms with E-state index >= 15 is 0 Å². The standard InChI is InChI=1S/C24H24N2O/c27-18-9-3-8-16-23(22-15-10-17-25-19-22)26-24(20-11-4-1-5-12-20)21-13-6-2-7-14-21/h1-7,9-15,17,19,23,27H,8,16,18H2/b9-3-. The van der Waals surface area contributed by atoms with Crippen LogP contribution in [0.15, 0.2) is 102 Å². The summed E-state index contributed by atoms with van der Waals surface area (Å²) in [6.07, 6.45) is 9.15. The van der Waals surface area contributed by atoms with E-state index in [9.17, 15) is 0 Å². The van der Waals surface area contributed by atoms with Gasteiger partial charge in [-0.2, -0.15) is 0 Å². The number of aliphatic hydroxyl groups excluding tert-OH is 1. The first-order valence-electron chi connectivity index (χ1n) is 9.23. The fourth-order valence-corrected chi connectivity index (χ4v) is 2.99. The summed E-state index contributed by atoms with van der Waals surface area (Å²) in [6.45, 7) is 0.0696. The van der Waals surface area contributed by atoms with Crippen LogP contribution in [0.4, 0.5) is 0 Å². The van der Waals surface area contributed by atoms with Crippen LogP contribution in [0, 0.1) is 0 Å². The van der Waals surface area contributed by atoms with E-state index in [1.165, 1.54) is 0 Å². The number of hydrogen-bond acceptors (Lipinski definition) is 3. The van der Waals surface area contributed by atoms with E-state index < -0.39 is 0 Å². The molecule has 0 bridgehead atoms. The molecule has 0 aliphatic heterocycles. The van der Waals surface area contributed by atoms with E-state index in [-0.39, 0.29) is 12.6 Å². The largest absolute Gasteiger partial charge is 0.392 e. The lowest BCUT2D eigenvalue weighted by atomic mass is 9.99. The van der Waals surface area contributed by atoms with Crippen LogP contribution in [0.5, 0.6) is 0 Å². The lowest BCUT2D eigenvalue weighted by Crippen LogP contribution is -2.07. The zero-order valence-corrected chi connectivity index (χ0v) is 15.3. The Morgan fingerprint density at radius 1 is 0.889 bits per heavy atom. The second-order valence-corrected chi connectivity index (χ2v) is 6.24. The van der Waals surface area contributed by atoms with Gasteiger partial charge in [0.25, 0.3) is 0 Å². The molecule has 0 saturated heterocycles. The maximum atomic E-state index is 8.97. The van der Waals surface area contributed by atoms with Crippen LogP contribution in [0.25, 0.3) is 0 Å². The molecule has 0 aliphatic carbocycles. The topological polar surface area (TPSA) is 45.5 Å². The predicted molar refractivity (Wildman–Crippen MR) is 111 cm³/mol. The number of aliphatic hydroxyl groups is 1. The predicted octanol–water partition coefficient (Wildman–Crippen LogP) is 4.99. The first-order valence-corrected chi connectivity index (χ1v) is 9.23. The zero-order chi connectivity index (χ0) is 18.7. The molecule has 2 aromatic carbocycles. The number of nitrogens with zero attached hydrogens (tertiary/aromatic N) is 2. The van der Waals surface area contributed by atoms with Crippen LogP contribution in [0.1, 0.15) is 35.6 Å². The summed E-state index contributed by atoms with van der Waals surface area (Å²) >= 11 is 0. The summed E-state index contributed by atoms with van der Waals surface area (Å²) in [7, 11) is 0. The smallest absolute Gasteiger partial charge is 0.0774 e. The maximum absolute atomic E-state index is 8.97. The van der Waals surface area contributed by atoms with Crippen molar-refractivity contribution in [3.63, 3.8) is 0 Å². The first kappa shape index (κ1) is 18.7. The molecule has 1 atom stereocenters. The number of hydrogen-bond donors (Lipinski definition) is 1. The number of allylic oxidation sites excluding steroid dienone is 1. The summed E-state index contributed by atoms with van der Waals surface area (Å²) in [5, 5.41) is 8.97. The van der Waals surface area contributed by atoms with Gasteiger partial charge in [-0.1, -0.05) is 78.9 Å². The molecule has 1 unspecified atom stereocenters. The highest BCUT2D eigenvalue weighted by molar-refractivity contribution is 6.12. The number of pyridine rings is 1. The number of rotatable bonds is 8. The van der Waals surface area contributed by atoms with Gasteiger partial charge >= 0.3 is 0 Å². The monoisotopic (exact) mass is 356 g/mol. The Kier molecular flexibility index (Phi) is 7.07. The molecule has 3 aromatic rings. The Morgan fingerprint density at radius 2 is 1.56 bits per heavy atom. The molecule has 0 aliphatic rings. The molecule has 3 rings (SSSR count). The third kappa shape index (κ3) is 5.47. The van der Waals surface area contributed by atoms with Gasteiger partial charge in [-0.25, -0.2) is 0 Å². The van der Waals surface area contributed by atoms with E-state index in [0.29, 0.717) is 0 Å². The van der Waals surface area contributed by atoms with Crippen LogP contribution in [-0.4, -0.2) is 22.4 Å². The van der Waals surface area contributed by atoms with Gasteiger partial charge in [0.2, 0.25) is 0 Å². The molecule has 0 radical (unpaired) electrons. The lowest BCUT2D eigenvalue weighted by Gasteiger charge is -2.16. The van der Waals surface area contributed by atoms with Crippen molar-refractivity contribution < 1.29 is 5.11 Å². The molecule has 1 aromatic heterocycles. The van der Waals surface area contributed by atoms with E-state index in [0.717, 1.165) is 35.2 Å². The van der Waals surface area contributed by atoms with E-state index in [2.05, 4.69) is 35.3 Å². The summed E-state index contributed by atoms with van der Waals surface area (Å²) in [6, 6.07) is 24.6. The van der Waals surface area contributed by atoms with Crippen LogP contribution < -0.4 is 0 Å². The van der Waals surface area contributed by atoms with Crippen molar-refractivity contribution >= 4 is 5.71 Å². The minimum atomic E-state index is -0.00236. The lowest BCUT2D eigenvalue weighted by molar-refractivity contribution is 0.342. The van der Waals surface area contributed by atoms with Crippen molar-refractivity contribution in [2.75, 3.05) is 6.61 Å². The van der Waals surface area contributed by atoms with Crippen molar-refractivity contribution in [2.45, 2.75) is 18.9 Å². The summed E-state index contributed by atoms with van der Waals surface area (Å²) < 4.78 is 0. The maximum Gasteiger partial charge on any atom is 0.0774 e. The highest BCUT2D eigenvalue weighted by Gasteiger charge is 2.14. The Balaban J connectivity index is 2.01. The second-order valence-electron chi connectivity index (χ2n) is 6.24. The quantitative estimate of drug-likeness (QED) is 0.456. The van der Waals surface area contributed by atoms with Crippen molar-refractivity contribution in [2.24, 2.45) is 4.99 Å². The van der Waals surface area contributed by atoms with Gasteiger partial charge in [-0.3, -0.25) is 9.98 Å². The average Bonchev–Trinajstić information content (AvgIpc) is 2.75. The van der Waals surface area contributed by atoms with Gasteiger partial charge < -0.3 is 5.11 Å². The van der Waals surface area contributed by atoms with Crippen LogP contribution >= 0.6 is 0 Å². The molecule has 136 valence electrons. The van der Waals surface area contributed by atoms with Crippen molar-refractivity contribution in [3.8, 4) is 0 Å². The molecule has 1 N–H and O–H groups in total. The Hall–Kier alpha value is -3.04. The van der Waals surface area contributed by atoms with E-state index in [1.54, 1.807) is 12.3 Å². The number of aliphatic imine (C=N–C) groups is 1. The van der Waals surface area contributed by atoms with Crippen LogP contribution in [0.2, 0.25) is 0 Å². The van der Waals surface area contributed by atoms with Crippen molar-refractivity contribution in [1.29, 1.82) is 0 Å². The van der Waals surface area contributed by atoms with Gasteiger partial charge in [0.15, 0.2) is 0 Å². The molecule has 27 heavy (non-hydrogen) atoms. The molecular weight excluding hydrogens is 332 g/mol. The Morgan fingerprint density at radius 3 is 2.11 bits per heavy atom. The molecule has 0 amide bonds. The van der Waals surface area contributed by atoms with Crippen molar-refractivity contribution in [1.82, 2.24) is 4.98 Å². The van der Waals surface area contributed by atoms with Gasteiger partial charge in [0.05, 0.1) is 18.4 Å². The highest BCUT2D eigenvalue weighted by atomic mass is 16.2. The van der Waals surface area contributed by atoms with Crippen LogP contribution in [-0.2, 0) is 0 Å². The molecule has 0 spiro atoms. The molecule has 3 heteroatoms. The molecule has 1 heterocycles. The fourth-order valence-electron chi connectivity index (χ4n) is 2.99.